The summed E-state index contributed by atoms with van der Waals surface area (Å²) in [6.45, 7) is 10.8. The Bertz CT molecular complexity index is 299. The highest BCUT2D eigenvalue weighted by molar-refractivity contribution is 5.74. The van der Waals surface area contributed by atoms with Gasteiger partial charge < -0.3 is 9.84 Å². The summed E-state index contributed by atoms with van der Waals surface area (Å²) in [6, 6.07) is 0. The highest BCUT2D eigenvalue weighted by Gasteiger charge is 2.31. The van der Waals surface area contributed by atoms with Gasteiger partial charge in [0.1, 0.15) is 5.60 Å². The van der Waals surface area contributed by atoms with Crippen molar-refractivity contribution in [3.05, 3.63) is 0 Å². The molecule has 4 heteroatoms. The van der Waals surface area contributed by atoms with Crippen molar-refractivity contribution in [1.82, 2.24) is 0 Å². The van der Waals surface area contributed by atoms with E-state index >= 15 is 0 Å². The summed E-state index contributed by atoms with van der Waals surface area (Å²) in [5, 5.41) is 9.09. The molecule has 0 bridgehead atoms. The largest absolute Gasteiger partial charge is 0.481 e. The average Bonchev–Trinajstić information content (AvgIpc) is 2.12. The second-order valence-corrected chi connectivity index (χ2v) is 6.46. The van der Waals surface area contributed by atoms with Crippen molar-refractivity contribution in [2.75, 3.05) is 0 Å². The third-order valence-corrected chi connectivity index (χ3v) is 2.83. The smallest absolute Gasteiger partial charge is 0.309 e. The summed E-state index contributed by atoms with van der Waals surface area (Å²) in [6.07, 6.45) is 1.54. The minimum atomic E-state index is -0.829. The molecule has 0 heterocycles. The standard InChI is InChI=1S/C14H26O4/c1-7-10(9-14(5,6)12(16)17)8-11(15)18-13(2,3)4/h10H,7-9H2,1-6H3,(H,16,17)/t10-/m0/s1. The van der Waals surface area contributed by atoms with Crippen molar-refractivity contribution < 1.29 is 19.4 Å². The lowest BCUT2D eigenvalue weighted by Gasteiger charge is -2.26. The minimum Gasteiger partial charge on any atom is -0.481 e. The molecule has 1 N–H and O–H groups in total. The van der Waals surface area contributed by atoms with Gasteiger partial charge >= 0.3 is 11.9 Å². The van der Waals surface area contributed by atoms with Crippen molar-refractivity contribution in [1.29, 1.82) is 0 Å². The molecule has 0 aromatic carbocycles. The molecule has 0 radical (unpaired) electrons. The highest BCUT2D eigenvalue weighted by atomic mass is 16.6. The number of carbonyl (C=O) groups excluding carboxylic acids is 1. The molecule has 0 spiro atoms. The van der Waals surface area contributed by atoms with E-state index in [1.807, 2.05) is 27.7 Å². The van der Waals surface area contributed by atoms with Crippen LogP contribution in [0.25, 0.3) is 0 Å². The molecular weight excluding hydrogens is 232 g/mol. The molecule has 0 unspecified atom stereocenters. The Morgan fingerprint density at radius 1 is 1.17 bits per heavy atom. The Labute approximate surface area is 110 Å². The van der Waals surface area contributed by atoms with Crippen LogP contribution in [0.15, 0.2) is 0 Å². The van der Waals surface area contributed by atoms with E-state index < -0.39 is 17.0 Å². The van der Waals surface area contributed by atoms with Crippen LogP contribution in [0.3, 0.4) is 0 Å². The van der Waals surface area contributed by atoms with Crippen molar-refractivity contribution in [2.45, 2.75) is 66.4 Å². The van der Waals surface area contributed by atoms with Crippen LogP contribution in [0.4, 0.5) is 0 Å². The number of carboxylic acid groups (broad SMARTS) is 1. The number of rotatable bonds is 6. The van der Waals surface area contributed by atoms with Gasteiger partial charge in [-0.15, -0.1) is 0 Å². The van der Waals surface area contributed by atoms with Gasteiger partial charge in [0.2, 0.25) is 0 Å². The van der Waals surface area contributed by atoms with Gasteiger partial charge in [0.25, 0.3) is 0 Å². The summed E-state index contributed by atoms with van der Waals surface area (Å²) in [5.41, 5.74) is -1.29. The third-order valence-electron chi connectivity index (χ3n) is 2.83. The first kappa shape index (κ1) is 16.9. The topological polar surface area (TPSA) is 63.6 Å². The molecule has 18 heavy (non-hydrogen) atoms. The van der Waals surface area contributed by atoms with Gasteiger partial charge in [0, 0.05) is 6.42 Å². The molecule has 106 valence electrons. The van der Waals surface area contributed by atoms with Crippen molar-refractivity contribution in [3.63, 3.8) is 0 Å². The molecule has 0 saturated carbocycles. The van der Waals surface area contributed by atoms with Gasteiger partial charge in [0.05, 0.1) is 5.41 Å². The lowest BCUT2D eigenvalue weighted by molar-refractivity contribution is -0.157. The van der Waals surface area contributed by atoms with E-state index in [1.165, 1.54) is 0 Å². The van der Waals surface area contributed by atoms with E-state index in [1.54, 1.807) is 13.8 Å². The summed E-state index contributed by atoms with van der Waals surface area (Å²) < 4.78 is 5.26. The summed E-state index contributed by atoms with van der Waals surface area (Å²) in [5.74, 6) is -1.04. The zero-order valence-corrected chi connectivity index (χ0v) is 12.4. The Hall–Kier alpha value is -1.06. The van der Waals surface area contributed by atoms with Gasteiger partial charge in [-0.1, -0.05) is 13.3 Å². The van der Waals surface area contributed by atoms with Gasteiger partial charge in [-0.05, 0) is 47.0 Å². The van der Waals surface area contributed by atoms with Crippen LogP contribution in [0.2, 0.25) is 0 Å². The third kappa shape index (κ3) is 6.62. The van der Waals surface area contributed by atoms with E-state index in [9.17, 15) is 9.59 Å². The molecule has 0 amide bonds. The maximum atomic E-state index is 11.7. The predicted octanol–water partition coefficient (Wildman–Crippen LogP) is 3.25. The Balaban J connectivity index is 4.45. The Morgan fingerprint density at radius 3 is 2.00 bits per heavy atom. The number of esters is 1. The fourth-order valence-electron chi connectivity index (χ4n) is 1.79. The van der Waals surface area contributed by atoms with E-state index in [0.29, 0.717) is 6.42 Å². The average molecular weight is 258 g/mol. The van der Waals surface area contributed by atoms with Gasteiger partial charge in [-0.25, -0.2) is 0 Å². The number of hydrogen-bond acceptors (Lipinski definition) is 3. The maximum Gasteiger partial charge on any atom is 0.309 e. The van der Waals surface area contributed by atoms with Crippen LogP contribution in [-0.2, 0) is 14.3 Å². The van der Waals surface area contributed by atoms with E-state index in [0.717, 1.165) is 6.42 Å². The van der Waals surface area contributed by atoms with E-state index in [4.69, 9.17) is 9.84 Å². The monoisotopic (exact) mass is 258 g/mol. The molecule has 4 nitrogen and oxygen atoms in total. The second kappa shape index (κ2) is 6.21. The first-order chi connectivity index (χ1) is 7.98. The molecule has 0 aliphatic carbocycles. The maximum absolute atomic E-state index is 11.7. The second-order valence-electron chi connectivity index (χ2n) is 6.46. The molecule has 0 fully saturated rings. The van der Waals surface area contributed by atoms with Gasteiger partial charge in [-0.3, -0.25) is 9.59 Å². The number of carboxylic acids is 1. The molecule has 0 aromatic rings. The van der Waals surface area contributed by atoms with Crippen LogP contribution >= 0.6 is 0 Å². The van der Waals surface area contributed by atoms with Gasteiger partial charge in [-0.2, -0.15) is 0 Å². The number of ether oxygens (including phenoxy) is 1. The quantitative estimate of drug-likeness (QED) is 0.743. The molecule has 0 aromatic heterocycles. The fraction of sp³-hybridized carbons (Fsp3) is 0.857. The Kier molecular flexibility index (Phi) is 5.84. The summed E-state index contributed by atoms with van der Waals surface area (Å²) in [4.78, 5) is 22.8. The molecule has 0 rings (SSSR count). The fourth-order valence-corrected chi connectivity index (χ4v) is 1.79. The zero-order chi connectivity index (χ0) is 14.6. The molecule has 1 atom stereocenters. The lowest BCUT2D eigenvalue weighted by atomic mass is 9.80. The molecular formula is C14H26O4. The van der Waals surface area contributed by atoms with Crippen LogP contribution in [0, 0.1) is 11.3 Å². The first-order valence-electron chi connectivity index (χ1n) is 6.43. The van der Waals surface area contributed by atoms with Gasteiger partial charge in [0.15, 0.2) is 0 Å². The van der Waals surface area contributed by atoms with Crippen LogP contribution < -0.4 is 0 Å². The predicted molar refractivity (Wildman–Crippen MR) is 70.3 cm³/mol. The molecule has 0 aliphatic rings. The molecule has 0 aliphatic heterocycles. The van der Waals surface area contributed by atoms with E-state index in [2.05, 4.69) is 0 Å². The Morgan fingerprint density at radius 2 is 1.67 bits per heavy atom. The van der Waals surface area contributed by atoms with Crippen LogP contribution in [0.5, 0.6) is 0 Å². The highest BCUT2D eigenvalue weighted by Crippen LogP contribution is 2.30. The number of carbonyl (C=O) groups is 2. The number of hydrogen-bond donors (Lipinski definition) is 1. The summed E-state index contributed by atoms with van der Waals surface area (Å²) in [7, 11) is 0. The molecule has 0 saturated heterocycles. The van der Waals surface area contributed by atoms with Crippen molar-refractivity contribution in [2.24, 2.45) is 11.3 Å². The van der Waals surface area contributed by atoms with Crippen molar-refractivity contribution in [3.8, 4) is 0 Å². The lowest BCUT2D eigenvalue weighted by Crippen LogP contribution is -2.29. The number of aliphatic carboxylic acids is 1. The zero-order valence-electron chi connectivity index (χ0n) is 12.4. The summed E-state index contributed by atoms with van der Waals surface area (Å²) >= 11 is 0. The van der Waals surface area contributed by atoms with E-state index in [-0.39, 0.29) is 18.3 Å². The first-order valence-corrected chi connectivity index (χ1v) is 6.43. The van der Waals surface area contributed by atoms with Crippen molar-refractivity contribution >= 4 is 11.9 Å². The normalized spacial score (nSPS) is 14.1. The van der Waals surface area contributed by atoms with Crippen LogP contribution in [0.1, 0.15) is 60.8 Å². The van der Waals surface area contributed by atoms with Crippen LogP contribution in [-0.4, -0.2) is 22.6 Å². The minimum absolute atomic E-state index is 0.0472. The SMILES string of the molecule is CC[C@@H](CC(=O)OC(C)(C)C)CC(C)(C)C(=O)O.